The Labute approximate surface area is 161 Å². The summed E-state index contributed by atoms with van der Waals surface area (Å²) in [6.45, 7) is 1.20. The fraction of sp³-hybridized carbons (Fsp3) is 0.632. The first-order chi connectivity index (χ1) is 12.2. The van der Waals surface area contributed by atoms with Crippen molar-refractivity contribution >= 4 is 18.3 Å². The van der Waals surface area contributed by atoms with Gasteiger partial charge in [0.1, 0.15) is 0 Å². The topological polar surface area (TPSA) is 74.0 Å². The molecule has 7 heteroatoms. The lowest BCUT2D eigenvalue weighted by molar-refractivity contribution is -0.137. The molecule has 6 nitrogen and oxygen atoms in total. The fourth-order valence-corrected chi connectivity index (χ4v) is 3.62. The number of fused-ring (bicyclic) bond motifs is 1. The van der Waals surface area contributed by atoms with Gasteiger partial charge >= 0.3 is 0 Å². The molecule has 1 aliphatic carbocycles. The zero-order valence-electron chi connectivity index (χ0n) is 15.3. The van der Waals surface area contributed by atoms with E-state index in [0.717, 1.165) is 29.9 Å². The highest BCUT2D eigenvalue weighted by Crippen LogP contribution is 2.33. The van der Waals surface area contributed by atoms with Crippen molar-refractivity contribution in [2.75, 3.05) is 20.4 Å². The van der Waals surface area contributed by atoms with Crippen LogP contribution in [0.3, 0.4) is 0 Å². The van der Waals surface area contributed by atoms with E-state index in [1.165, 1.54) is 19.3 Å². The van der Waals surface area contributed by atoms with Crippen molar-refractivity contribution in [3.63, 3.8) is 0 Å². The van der Waals surface area contributed by atoms with Crippen molar-refractivity contribution < 1.29 is 19.0 Å². The number of hydrogen-bond donors (Lipinski definition) is 1. The lowest BCUT2D eigenvalue weighted by atomic mass is 9.93. The standard InChI is InChI=1S/C19H28N2O4.ClH/c1-23-16(11-20)10-19(22)21(15-5-3-2-4-6-15)12-14-7-8-17-18(9-14)25-13-24-17;/h7-9,15-16H,2-6,10-13,20H2,1H3;1H. The molecule has 1 aromatic rings. The maximum absolute atomic E-state index is 12.9. The SMILES string of the molecule is COC(CN)CC(=O)N(Cc1ccc2c(c1)OCO2)C1CCCCC1.Cl. The average molecular weight is 385 g/mol. The van der Waals surface area contributed by atoms with E-state index in [9.17, 15) is 4.79 Å². The summed E-state index contributed by atoms with van der Waals surface area (Å²) in [7, 11) is 1.60. The number of carbonyl (C=O) groups excluding carboxylic acids is 1. The largest absolute Gasteiger partial charge is 0.454 e. The van der Waals surface area contributed by atoms with E-state index in [4.69, 9.17) is 19.9 Å². The van der Waals surface area contributed by atoms with Gasteiger partial charge in [-0.3, -0.25) is 4.79 Å². The number of ether oxygens (including phenoxy) is 3. The predicted molar refractivity (Wildman–Crippen MR) is 102 cm³/mol. The first-order valence-electron chi connectivity index (χ1n) is 9.12. The molecule has 0 bridgehead atoms. The number of amides is 1. The zero-order valence-corrected chi connectivity index (χ0v) is 16.1. The maximum atomic E-state index is 12.9. The molecule has 146 valence electrons. The fourth-order valence-electron chi connectivity index (χ4n) is 3.62. The Morgan fingerprint density at radius 1 is 1.27 bits per heavy atom. The van der Waals surface area contributed by atoms with Gasteiger partial charge in [-0.1, -0.05) is 25.3 Å². The minimum Gasteiger partial charge on any atom is -0.454 e. The molecule has 1 heterocycles. The Morgan fingerprint density at radius 3 is 2.69 bits per heavy atom. The van der Waals surface area contributed by atoms with Gasteiger partial charge in [-0.15, -0.1) is 12.4 Å². The highest BCUT2D eigenvalue weighted by atomic mass is 35.5. The number of rotatable bonds is 7. The van der Waals surface area contributed by atoms with Crippen molar-refractivity contribution in [2.24, 2.45) is 5.73 Å². The minimum absolute atomic E-state index is 0. The van der Waals surface area contributed by atoms with Crippen molar-refractivity contribution in [1.82, 2.24) is 4.90 Å². The Kier molecular flexibility index (Phi) is 8.00. The Balaban J connectivity index is 0.00000243. The Bertz CT molecular complexity index is 589. The second kappa shape index (κ2) is 10.00. The Morgan fingerprint density at radius 2 is 2.00 bits per heavy atom. The molecular formula is C19H29ClN2O4. The molecule has 1 amide bonds. The number of nitrogens with two attached hydrogens (primary N) is 1. The van der Waals surface area contributed by atoms with E-state index in [1.54, 1.807) is 7.11 Å². The molecule has 0 spiro atoms. The van der Waals surface area contributed by atoms with Crippen LogP contribution in [0.2, 0.25) is 0 Å². The normalized spacial score (nSPS) is 17.5. The number of halogens is 1. The molecule has 2 aliphatic rings. The number of hydrogen-bond acceptors (Lipinski definition) is 5. The number of nitrogens with zero attached hydrogens (tertiary/aromatic N) is 1. The third kappa shape index (κ3) is 5.02. The molecule has 1 atom stereocenters. The smallest absolute Gasteiger partial charge is 0.231 e. The molecular weight excluding hydrogens is 356 g/mol. The van der Waals surface area contributed by atoms with Crippen LogP contribution in [0.4, 0.5) is 0 Å². The third-order valence-corrected chi connectivity index (χ3v) is 5.12. The van der Waals surface area contributed by atoms with Gasteiger partial charge in [0.05, 0.1) is 12.5 Å². The van der Waals surface area contributed by atoms with Crippen molar-refractivity contribution in [1.29, 1.82) is 0 Å². The Hall–Kier alpha value is -1.50. The van der Waals surface area contributed by atoms with Gasteiger partial charge in [-0.05, 0) is 30.5 Å². The second-order valence-corrected chi connectivity index (χ2v) is 6.80. The minimum atomic E-state index is -0.227. The number of methoxy groups -OCH3 is 1. The van der Waals surface area contributed by atoms with E-state index >= 15 is 0 Å². The second-order valence-electron chi connectivity index (χ2n) is 6.80. The summed E-state index contributed by atoms with van der Waals surface area (Å²) >= 11 is 0. The third-order valence-electron chi connectivity index (χ3n) is 5.12. The van der Waals surface area contributed by atoms with Crippen molar-refractivity contribution in [3.8, 4) is 11.5 Å². The van der Waals surface area contributed by atoms with Crippen LogP contribution in [-0.4, -0.2) is 43.4 Å². The average Bonchev–Trinajstić information content (AvgIpc) is 3.12. The van der Waals surface area contributed by atoms with Crippen LogP contribution in [-0.2, 0) is 16.1 Å². The lowest BCUT2D eigenvalue weighted by Gasteiger charge is -2.35. The van der Waals surface area contributed by atoms with Gasteiger partial charge in [0.15, 0.2) is 11.5 Å². The molecule has 26 heavy (non-hydrogen) atoms. The van der Waals surface area contributed by atoms with E-state index in [0.29, 0.717) is 25.6 Å². The van der Waals surface area contributed by atoms with Crippen molar-refractivity contribution in [3.05, 3.63) is 23.8 Å². The first-order valence-corrected chi connectivity index (χ1v) is 9.12. The summed E-state index contributed by atoms with van der Waals surface area (Å²) < 4.78 is 16.1. The summed E-state index contributed by atoms with van der Waals surface area (Å²) in [6, 6.07) is 6.19. The zero-order chi connectivity index (χ0) is 17.6. The number of carbonyl (C=O) groups is 1. The van der Waals surface area contributed by atoms with Crippen LogP contribution in [0.5, 0.6) is 11.5 Å². The predicted octanol–water partition coefficient (Wildman–Crippen LogP) is 2.86. The molecule has 1 saturated carbocycles. The molecule has 0 aromatic heterocycles. The van der Waals surface area contributed by atoms with Crippen molar-refractivity contribution in [2.45, 2.75) is 57.2 Å². The van der Waals surface area contributed by atoms with Crippen LogP contribution in [0.25, 0.3) is 0 Å². The molecule has 3 rings (SSSR count). The van der Waals surface area contributed by atoms with Crippen LogP contribution < -0.4 is 15.2 Å². The first kappa shape index (κ1) is 20.8. The molecule has 1 unspecified atom stereocenters. The molecule has 2 N–H and O–H groups in total. The molecule has 1 aromatic carbocycles. The summed E-state index contributed by atoms with van der Waals surface area (Å²) in [5.74, 6) is 1.63. The van der Waals surface area contributed by atoms with Gasteiger partial charge < -0.3 is 24.8 Å². The molecule has 0 radical (unpaired) electrons. The van der Waals surface area contributed by atoms with Gasteiger partial charge in [-0.2, -0.15) is 0 Å². The summed E-state index contributed by atoms with van der Waals surface area (Å²) in [6.07, 6.45) is 5.85. The van der Waals surface area contributed by atoms with Gasteiger partial charge in [0, 0.05) is 26.2 Å². The summed E-state index contributed by atoms with van der Waals surface area (Å²) in [5, 5.41) is 0. The molecule has 1 fully saturated rings. The summed E-state index contributed by atoms with van der Waals surface area (Å²) in [5.41, 5.74) is 6.76. The van der Waals surface area contributed by atoms with Crippen LogP contribution in [0.15, 0.2) is 18.2 Å². The lowest BCUT2D eigenvalue weighted by Crippen LogP contribution is -2.43. The van der Waals surface area contributed by atoms with Gasteiger partial charge in [-0.25, -0.2) is 0 Å². The van der Waals surface area contributed by atoms with Gasteiger partial charge in [0.2, 0.25) is 12.7 Å². The highest BCUT2D eigenvalue weighted by molar-refractivity contribution is 5.85. The van der Waals surface area contributed by atoms with Crippen LogP contribution >= 0.6 is 12.4 Å². The maximum Gasteiger partial charge on any atom is 0.231 e. The van der Waals surface area contributed by atoms with Gasteiger partial charge in [0.25, 0.3) is 0 Å². The van der Waals surface area contributed by atoms with E-state index in [-0.39, 0.29) is 31.2 Å². The van der Waals surface area contributed by atoms with E-state index in [2.05, 4.69) is 0 Å². The van der Waals surface area contributed by atoms with Crippen LogP contribution in [0, 0.1) is 0 Å². The number of benzene rings is 1. The highest BCUT2D eigenvalue weighted by Gasteiger charge is 2.27. The quantitative estimate of drug-likeness (QED) is 0.782. The summed E-state index contributed by atoms with van der Waals surface area (Å²) in [4.78, 5) is 15.0. The van der Waals surface area contributed by atoms with E-state index < -0.39 is 0 Å². The van der Waals surface area contributed by atoms with E-state index in [1.807, 2.05) is 23.1 Å². The molecule has 1 aliphatic heterocycles. The molecule has 0 saturated heterocycles. The van der Waals surface area contributed by atoms with Crippen LogP contribution in [0.1, 0.15) is 44.1 Å². The monoisotopic (exact) mass is 384 g/mol.